The fourth-order valence-electron chi connectivity index (χ4n) is 2.96. The van der Waals surface area contributed by atoms with Crippen molar-refractivity contribution in [1.29, 1.82) is 0 Å². The minimum atomic E-state index is -0.413. The molecule has 2 heterocycles. The SMILES string of the molecule is CCOC(=O)c1sc2nc([C@H](C)SCc3ccccc3OCC)[nH]c(=O)c2c1C. The van der Waals surface area contributed by atoms with Gasteiger partial charge in [-0.2, -0.15) is 0 Å². The van der Waals surface area contributed by atoms with Gasteiger partial charge in [-0.3, -0.25) is 4.79 Å². The van der Waals surface area contributed by atoms with E-state index in [0.717, 1.165) is 17.1 Å². The zero-order valence-electron chi connectivity index (χ0n) is 16.9. The maximum absolute atomic E-state index is 12.7. The summed E-state index contributed by atoms with van der Waals surface area (Å²) in [5, 5.41) is 0.427. The maximum atomic E-state index is 12.7. The summed E-state index contributed by atoms with van der Waals surface area (Å²) in [5.74, 6) is 1.79. The number of carbonyl (C=O) groups is 1. The van der Waals surface area contributed by atoms with Crippen LogP contribution < -0.4 is 10.3 Å². The van der Waals surface area contributed by atoms with Crippen LogP contribution in [0.4, 0.5) is 0 Å². The second kappa shape index (κ2) is 9.45. The molecule has 0 amide bonds. The molecule has 1 atom stereocenters. The maximum Gasteiger partial charge on any atom is 0.348 e. The smallest absolute Gasteiger partial charge is 0.348 e. The van der Waals surface area contributed by atoms with Gasteiger partial charge in [0.05, 0.1) is 23.8 Å². The van der Waals surface area contributed by atoms with Gasteiger partial charge in [0.15, 0.2) is 0 Å². The van der Waals surface area contributed by atoms with Gasteiger partial charge < -0.3 is 14.5 Å². The molecule has 0 saturated carbocycles. The molecule has 0 aliphatic carbocycles. The summed E-state index contributed by atoms with van der Waals surface area (Å²) in [5.41, 5.74) is 1.50. The summed E-state index contributed by atoms with van der Waals surface area (Å²) >= 11 is 2.87. The fraction of sp³-hybridized carbons (Fsp3) is 0.381. The number of hydrogen-bond acceptors (Lipinski definition) is 7. The van der Waals surface area contributed by atoms with Gasteiger partial charge in [-0.15, -0.1) is 23.1 Å². The number of fused-ring (bicyclic) bond motifs is 1. The van der Waals surface area contributed by atoms with Crippen molar-refractivity contribution >= 4 is 39.3 Å². The molecule has 1 aromatic carbocycles. The van der Waals surface area contributed by atoms with Crippen LogP contribution in [-0.2, 0) is 10.5 Å². The quantitative estimate of drug-likeness (QED) is 0.512. The van der Waals surface area contributed by atoms with E-state index in [2.05, 4.69) is 9.97 Å². The van der Waals surface area contributed by atoms with E-state index in [-0.39, 0.29) is 10.8 Å². The second-order valence-corrected chi connectivity index (χ2v) is 8.73. The summed E-state index contributed by atoms with van der Waals surface area (Å²) in [6, 6.07) is 7.94. The Bertz CT molecular complexity index is 1070. The number of aromatic amines is 1. The van der Waals surface area contributed by atoms with Gasteiger partial charge in [-0.1, -0.05) is 18.2 Å². The highest BCUT2D eigenvalue weighted by molar-refractivity contribution is 7.98. The molecule has 0 bridgehead atoms. The minimum Gasteiger partial charge on any atom is -0.494 e. The number of rotatable bonds is 8. The molecule has 6 nitrogen and oxygen atoms in total. The number of esters is 1. The molecule has 1 N–H and O–H groups in total. The van der Waals surface area contributed by atoms with Crippen molar-refractivity contribution in [3.05, 3.63) is 56.4 Å². The summed E-state index contributed by atoms with van der Waals surface area (Å²) < 4.78 is 10.8. The van der Waals surface area contributed by atoms with Crippen LogP contribution >= 0.6 is 23.1 Å². The molecule has 0 aliphatic heterocycles. The Hall–Kier alpha value is -2.32. The Morgan fingerprint density at radius 3 is 2.76 bits per heavy atom. The lowest BCUT2D eigenvalue weighted by Crippen LogP contribution is -2.13. The average molecular weight is 433 g/mol. The van der Waals surface area contributed by atoms with Crippen LogP contribution in [0.15, 0.2) is 29.1 Å². The van der Waals surface area contributed by atoms with E-state index < -0.39 is 5.97 Å². The molecule has 0 radical (unpaired) electrons. The number of thioether (sulfide) groups is 1. The van der Waals surface area contributed by atoms with Gasteiger partial charge in [0.2, 0.25) is 0 Å². The Balaban J connectivity index is 1.84. The first-order chi connectivity index (χ1) is 14.0. The number of ether oxygens (including phenoxy) is 2. The summed E-state index contributed by atoms with van der Waals surface area (Å²) in [4.78, 5) is 33.3. The lowest BCUT2D eigenvalue weighted by molar-refractivity contribution is 0.0531. The molecule has 0 unspecified atom stereocenters. The normalized spacial score (nSPS) is 12.1. The molecule has 0 spiro atoms. The molecular formula is C21H24N2O4S2. The Morgan fingerprint density at radius 1 is 1.28 bits per heavy atom. The van der Waals surface area contributed by atoms with Crippen molar-refractivity contribution in [3.63, 3.8) is 0 Å². The third-order valence-corrected chi connectivity index (χ3v) is 6.79. The van der Waals surface area contributed by atoms with E-state index in [1.165, 1.54) is 11.3 Å². The number of nitrogens with one attached hydrogen (secondary N) is 1. The van der Waals surface area contributed by atoms with Gasteiger partial charge >= 0.3 is 5.97 Å². The number of H-pyrrole nitrogens is 1. The number of benzene rings is 1. The van der Waals surface area contributed by atoms with Crippen LogP contribution in [0.3, 0.4) is 0 Å². The molecule has 154 valence electrons. The van der Waals surface area contributed by atoms with Crippen LogP contribution in [0.2, 0.25) is 0 Å². The van der Waals surface area contributed by atoms with Crippen LogP contribution in [0, 0.1) is 6.92 Å². The largest absolute Gasteiger partial charge is 0.494 e. The number of hydrogen-bond donors (Lipinski definition) is 1. The van der Waals surface area contributed by atoms with Crippen LogP contribution in [0.5, 0.6) is 5.75 Å². The van der Waals surface area contributed by atoms with E-state index in [1.807, 2.05) is 38.1 Å². The van der Waals surface area contributed by atoms with Crippen LogP contribution in [0.25, 0.3) is 10.2 Å². The topological polar surface area (TPSA) is 81.3 Å². The first-order valence-corrected chi connectivity index (χ1v) is 11.4. The predicted molar refractivity (Wildman–Crippen MR) is 118 cm³/mol. The Labute approximate surface area is 177 Å². The van der Waals surface area contributed by atoms with Crippen LogP contribution in [-0.4, -0.2) is 29.2 Å². The van der Waals surface area contributed by atoms with Gasteiger partial charge in [-0.05, 0) is 39.3 Å². The lowest BCUT2D eigenvalue weighted by atomic mass is 10.2. The van der Waals surface area contributed by atoms with E-state index >= 15 is 0 Å². The molecule has 29 heavy (non-hydrogen) atoms. The highest BCUT2D eigenvalue weighted by atomic mass is 32.2. The van der Waals surface area contributed by atoms with Crippen molar-refractivity contribution in [2.75, 3.05) is 13.2 Å². The first kappa shape index (κ1) is 21.4. The zero-order chi connectivity index (χ0) is 21.0. The molecule has 0 saturated heterocycles. The number of aromatic nitrogens is 2. The summed E-state index contributed by atoms with van der Waals surface area (Å²) in [6.07, 6.45) is 0. The van der Waals surface area contributed by atoms with Gasteiger partial charge in [0.25, 0.3) is 5.56 Å². The number of nitrogens with zero attached hydrogens (tertiary/aromatic N) is 1. The lowest BCUT2D eigenvalue weighted by Gasteiger charge is -2.13. The first-order valence-electron chi connectivity index (χ1n) is 9.48. The van der Waals surface area contributed by atoms with Gasteiger partial charge in [0.1, 0.15) is 21.3 Å². The van der Waals surface area contributed by atoms with Crippen molar-refractivity contribution < 1.29 is 14.3 Å². The van der Waals surface area contributed by atoms with Crippen molar-refractivity contribution in [2.24, 2.45) is 0 Å². The molecule has 0 aliphatic rings. The van der Waals surface area contributed by atoms with Crippen molar-refractivity contribution in [2.45, 2.75) is 38.7 Å². The van der Waals surface area contributed by atoms with E-state index in [4.69, 9.17) is 9.47 Å². The molecule has 2 aromatic heterocycles. The van der Waals surface area contributed by atoms with E-state index in [0.29, 0.717) is 39.7 Å². The highest BCUT2D eigenvalue weighted by Crippen LogP contribution is 2.34. The third-order valence-electron chi connectivity index (χ3n) is 4.43. The number of carbonyl (C=O) groups excluding carboxylic acids is 1. The van der Waals surface area contributed by atoms with E-state index in [1.54, 1.807) is 25.6 Å². The molecule has 0 fully saturated rings. The third kappa shape index (κ3) is 4.64. The molecule has 8 heteroatoms. The summed E-state index contributed by atoms with van der Waals surface area (Å²) in [7, 11) is 0. The zero-order valence-corrected chi connectivity index (χ0v) is 18.5. The number of thiophene rings is 1. The Kier molecular flexibility index (Phi) is 6.97. The highest BCUT2D eigenvalue weighted by Gasteiger charge is 2.21. The van der Waals surface area contributed by atoms with Crippen molar-refractivity contribution in [1.82, 2.24) is 9.97 Å². The Morgan fingerprint density at radius 2 is 2.03 bits per heavy atom. The summed E-state index contributed by atoms with van der Waals surface area (Å²) in [6.45, 7) is 8.38. The second-order valence-electron chi connectivity index (χ2n) is 6.40. The predicted octanol–water partition coefficient (Wildman–Crippen LogP) is 4.86. The van der Waals surface area contributed by atoms with Gasteiger partial charge in [0, 0.05) is 11.3 Å². The molecule has 3 aromatic rings. The molecular weight excluding hydrogens is 408 g/mol. The van der Waals surface area contributed by atoms with Crippen molar-refractivity contribution in [3.8, 4) is 5.75 Å². The monoisotopic (exact) mass is 432 g/mol. The van der Waals surface area contributed by atoms with E-state index in [9.17, 15) is 9.59 Å². The molecule has 3 rings (SSSR count). The van der Waals surface area contributed by atoms with Crippen LogP contribution in [0.1, 0.15) is 52.6 Å². The van der Waals surface area contributed by atoms with Gasteiger partial charge in [-0.25, -0.2) is 9.78 Å². The fourth-order valence-corrected chi connectivity index (χ4v) is 4.98. The average Bonchev–Trinajstić information content (AvgIpc) is 3.04. The number of aryl methyl sites for hydroxylation is 1. The number of para-hydroxylation sites is 1. The minimum absolute atomic E-state index is 0.0322. The standard InChI is InChI=1S/C21H24N2O4S2/c1-5-26-15-10-8-7-9-14(15)11-28-13(4)18-22-19(24)16-12(3)17(21(25)27-6-2)29-20(16)23-18/h7-10,13H,5-6,11H2,1-4H3,(H,22,23,24)/t13-/m0/s1.